The Labute approximate surface area is 194 Å². The first kappa shape index (κ1) is 23.0. The minimum Gasteiger partial charge on any atom is -0.483 e. The van der Waals surface area contributed by atoms with E-state index in [4.69, 9.17) is 30.3 Å². The number of nitrogens with zero attached hydrogens (tertiary/aromatic N) is 2. The summed E-state index contributed by atoms with van der Waals surface area (Å²) in [6.07, 6.45) is 0.740. The number of aryl methyl sites for hydroxylation is 2. The predicted octanol–water partition coefficient (Wildman–Crippen LogP) is 4.21. The number of aromatic nitrogens is 2. The second-order valence-electron chi connectivity index (χ2n) is 7.60. The molecule has 0 unspecified atom stereocenters. The van der Waals surface area contributed by atoms with Gasteiger partial charge in [-0.2, -0.15) is 0 Å². The number of rotatable bonds is 5. The molecule has 0 aliphatic heterocycles. The number of ether oxygens (including phenoxy) is 1. The number of nitrogens with two attached hydrogens (primary N) is 1. The van der Waals surface area contributed by atoms with Crippen molar-refractivity contribution in [3.05, 3.63) is 68.4 Å². The summed E-state index contributed by atoms with van der Waals surface area (Å²) in [5.74, 6) is 0.926. The van der Waals surface area contributed by atoms with Crippen molar-refractivity contribution in [1.82, 2.24) is 9.97 Å². The summed E-state index contributed by atoms with van der Waals surface area (Å²) in [4.78, 5) is 21.0. The monoisotopic (exact) mass is 489 g/mol. The van der Waals surface area contributed by atoms with Crippen molar-refractivity contribution >= 4 is 32.6 Å². The van der Waals surface area contributed by atoms with Gasteiger partial charge in [0, 0.05) is 18.1 Å². The second kappa shape index (κ2) is 8.29. The van der Waals surface area contributed by atoms with Gasteiger partial charge in [0.2, 0.25) is 5.03 Å². The smallest absolute Gasteiger partial charge is 0.259 e. The van der Waals surface area contributed by atoms with E-state index in [1.807, 2.05) is 6.92 Å². The zero-order valence-corrected chi connectivity index (χ0v) is 19.7. The molecule has 3 heterocycles. The van der Waals surface area contributed by atoms with Crippen LogP contribution in [-0.2, 0) is 10.0 Å². The summed E-state index contributed by atoms with van der Waals surface area (Å²) in [5, 5.41) is 5.09. The van der Waals surface area contributed by atoms with Crippen LogP contribution in [0.25, 0.3) is 22.5 Å². The summed E-state index contributed by atoms with van der Waals surface area (Å²) in [6.45, 7) is 6.86. The Morgan fingerprint density at radius 3 is 2.52 bits per heavy atom. The van der Waals surface area contributed by atoms with Crippen molar-refractivity contribution in [2.45, 2.75) is 38.8 Å². The molecule has 11 heteroatoms. The lowest BCUT2D eigenvalue weighted by molar-refractivity contribution is 0.219. The molecule has 33 heavy (non-hydrogen) atoms. The quantitative estimate of drug-likeness (QED) is 0.411. The largest absolute Gasteiger partial charge is 0.483 e. The van der Waals surface area contributed by atoms with Crippen molar-refractivity contribution in [3.63, 3.8) is 0 Å². The Kier molecular flexibility index (Phi) is 5.77. The van der Waals surface area contributed by atoms with Crippen LogP contribution < -0.4 is 15.3 Å². The molecule has 0 spiro atoms. The molecule has 4 rings (SSSR count). The van der Waals surface area contributed by atoms with E-state index >= 15 is 0 Å². The molecule has 0 amide bonds. The van der Waals surface area contributed by atoms with E-state index in [-0.39, 0.29) is 27.7 Å². The third-order valence-corrected chi connectivity index (χ3v) is 6.08. The second-order valence-corrected chi connectivity index (χ2v) is 9.47. The van der Waals surface area contributed by atoms with Crippen LogP contribution in [0.2, 0.25) is 5.15 Å². The topological polar surface area (TPSA) is 139 Å². The number of halogens is 1. The van der Waals surface area contributed by atoms with Crippen molar-refractivity contribution in [2.24, 2.45) is 5.14 Å². The highest BCUT2D eigenvalue weighted by Crippen LogP contribution is 2.34. The summed E-state index contributed by atoms with van der Waals surface area (Å²) in [5.41, 5.74) is 1.75. The molecule has 2 N–H and O–H groups in total. The van der Waals surface area contributed by atoms with Gasteiger partial charge in [-0.15, -0.1) is 0 Å². The van der Waals surface area contributed by atoms with Gasteiger partial charge in [-0.1, -0.05) is 11.6 Å². The van der Waals surface area contributed by atoms with Crippen molar-refractivity contribution < 1.29 is 22.0 Å². The average Bonchev–Trinajstić information content (AvgIpc) is 3.17. The van der Waals surface area contributed by atoms with E-state index < -0.39 is 21.2 Å². The van der Waals surface area contributed by atoms with Crippen LogP contribution >= 0.6 is 11.6 Å². The van der Waals surface area contributed by atoms with E-state index in [0.717, 1.165) is 5.56 Å². The lowest BCUT2D eigenvalue weighted by Crippen LogP contribution is -2.17. The fourth-order valence-electron chi connectivity index (χ4n) is 3.52. The Morgan fingerprint density at radius 2 is 1.88 bits per heavy atom. The number of fused-ring (bicyclic) bond motifs is 1. The molecule has 3 aromatic heterocycles. The highest BCUT2D eigenvalue weighted by Gasteiger charge is 2.24. The van der Waals surface area contributed by atoms with E-state index in [0.29, 0.717) is 28.2 Å². The van der Waals surface area contributed by atoms with Gasteiger partial charge >= 0.3 is 0 Å². The van der Waals surface area contributed by atoms with Gasteiger partial charge in [0.05, 0.1) is 11.6 Å². The van der Waals surface area contributed by atoms with Gasteiger partial charge in [-0.05, 0) is 50.6 Å². The fourth-order valence-corrected chi connectivity index (χ4v) is 4.34. The molecule has 4 aromatic rings. The Hall–Kier alpha value is -3.21. The molecule has 9 nitrogen and oxygen atoms in total. The lowest BCUT2D eigenvalue weighted by atomic mass is 10.0. The molecule has 0 aliphatic carbocycles. The fraction of sp³-hybridized carbons (Fsp3) is 0.227. The number of hydrogen-bond donors (Lipinski definition) is 1. The van der Waals surface area contributed by atoms with Gasteiger partial charge in [0.15, 0.2) is 28.6 Å². The highest BCUT2D eigenvalue weighted by molar-refractivity contribution is 7.89. The number of benzene rings is 1. The van der Waals surface area contributed by atoms with E-state index in [1.54, 1.807) is 32.9 Å². The lowest BCUT2D eigenvalue weighted by Gasteiger charge is -2.19. The van der Waals surface area contributed by atoms with Crippen LogP contribution in [0.3, 0.4) is 0 Å². The molecule has 0 bridgehead atoms. The van der Waals surface area contributed by atoms with Crippen LogP contribution in [0.1, 0.15) is 35.6 Å². The highest BCUT2D eigenvalue weighted by atomic mass is 35.5. The summed E-state index contributed by atoms with van der Waals surface area (Å²) >= 11 is 5.83. The summed E-state index contributed by atoms with van der Waals surface area (Å²) in [6, 6.07) is 6.27. The molecule has 172 valence electrons. The first-order valence-corrected chi connectivity index (χ1v) is 11.7. The van der Waals surface area contributed by atoms with Crippen molar-refractivity contribution in [1.29, 1.82) is 0 Å². The number of primary sulfonamides is 1. The van der Waals surface area contributed by atoms with Gasteiger partial charge in [0.1, 0.15) is 16.8 Å². The third-order valence-electron chi connectivity index (χ3n) is 5.04. The standard InChI is InChI=1S/C22H20ClN3O6S/c1-10-7-14(12(3)30-16-5-6-18(23)26-22(16)33(24,28)29)21-15(8-10)19(27)11(2)20(32-21)17-9-25-13(4)31-17/h5-9,12H,1-4H3,(H2,24,28,29)/t12-/m1/s1. The Balaban J connectivity index is 1.89. The molecular formula is C22H20ClN3O6S. The molecular weight excluding hydrogens is 470 g/mol. The SMILES string of the molecule is Cc1cc([C@@H](C)Oc2ccc(Cl)nc2S(N)(=O)=O)c2oc(-c3cnc(C)o3)c(C)c(=O)c2c1. The Morgan fingerprint density at radius 1 is 1.15 bits per heavy atom. The maximum Gasteiger partial charge on any atom is 0.259 e. The Bertz CT molecular complexity index is 1560. The van der Waals surface area contributed by atoms with Crippen LogP contribution in [0.5, 0.6) is 5.75 Å². The zero-order chi connectivity index (χ0) is 24.1. The maximum atomic E-state index is 13.2. The van der Waals surface area contributed by atoms with Crippen LogP contribution in [0.15, 0.2) is 49.1 Å². The molecule has 1 aromatic carbocycles. The number of hydrogen-bond acceptors (Lipinski definition) is 8. The average molecular weight is 490 g/mol. The third kappa shape index (κ3) is 4.37. The minimum absolute atomic E-state index is 0.0477. The molecule has 0 saturated carbocycles. The molecule has 0 saturated heterocycles. The maximum absolute atomic E-state index is 13.2. The first-order valence-electron chi connectivity index (χ1n) is 9.82. The van der Waals surface area contributed by atoms with Crippen molar-refractivity contribution in [2.75, 3.05) is 0 Å². The molecule has 0 aliphatic rings. The van der Waals surface area contributed by atoms with Gasteiger partial charge in [0.25, 0.3) is 10.0 Å². The van der Waals surface area contributed by atoms with Gasteiger partial charge in [-0.25, -0.2) is 23.5 Å². The molecule has 1 atom stereocenters. The molecule has 0 radical (unpaired) electrons. The number of pyridine rings is 1. The minimum atomic E-state index is -4.20. The summed E-state index contributed by atoms with van der Waals surface area (Å²) < 4.78 is 41.6. The van der Waals surface area contributed by atoms with E-state index in [1.165, 1.54) is 18.3 Å². The zero-order valence-electron chi connectivity index (χ0n) is 18.2. The van der Waals surface area contributed by atoms with Crippen LogP contribution in [-0.4, -0.2) is 18.4 Å². The number of sulfonamides is 1. The van der Waals surface area contributed by atoms with E-state index in [9.17, 15) is 13.2 Å². The first-order chi connectivity index (χ1) is 15.5. The van der Waals surface area contributed by atoms with Gasteiger partial charge in [-0.3, -0.25) is 4.79 Å². The van der Waals surface area contributed by atoms with Crippen LogP contribution in [0.4, 0.5) is 0 Å². The predicted molar refractivity (Wildman–Crippen MR) is 122 cm³/mol. The normalized spacial score (nSPS) is 12.8. The van der Waals surface area contributed by atoms with Gasteiger partial charge < -0.3 is 13.6 Å². The van der Waals surface area contributed by atoms with Crippen LogP contribution in [0, 0.1) is 20.8 Å². The molecule has 0 fully saturated rings. The van der Waals surface area contributed by atoms with E-state index in [2.05, 4.69) is 9.97 Å². The van der Waals surface area contributed by atoms with Crippen molar-refractivity contribution in [3.8, 4) is 17.3 Å². The summed E-state index contributed by atoms with van der Waals surface area (Å²) in [7, 11) is -4.20. The number of oxazole rings is 1.